The number of thioether (sulfide) groups is 1. The van der Waals surface area contributed by atoms with Crippen molar-refractivity contribution < 1.29 is 9.21 Å². The fourth-order valence-corrected chi connectivity index (χ4v) is 2.83. The Morgan fingerprint density at radius 2 is 2.05 bits per heavy atom. The summed E-state index contributed by atoms with van der Waals surface area (Å²) < 4.78 is 8.35. The van der Waals surface area contributed by atoms with Crippen LogP contribution in [0.25, 0.3) is 11.5 Å². The molecule has 0 N–H and O–H groups in total. The van der Waals surface area contributed by atoms with Gasteiger partial charge in [0.25, 0.3) is 5.22 Å². The van der Waals surface area contributed by atoms with E-state index in [1.54, 1.807) is 10.6 Å². The monoisotopic (exact) mass is 377 g/mol. The molecular formula is C15H12BrN3O2S. The molecule has 0 saturated carbocycles. The van der Waals surface area contributed by atoms with Crippen molar-refractivity contribution in [2.75, 3.05) is 5.75 Å². The summed E-state index contributed by atoms with van der Waals surface area (Å²) >= 11 is 4.62. The van der Waals surface area contributed by atoms with Crippen LogP contribution in [0.3, 0.4) is 0 Å². The van der Waals surface area contributed by atoms with E-state index in [0.29, 0.717) is 16.8 Å². The largest absolute Gasteiger partial charge is 0.411 e. The van der Waals surface area contributed by atoms with E-state index in [9.17, 15) is 4.79 Å². The fourth-order valence-electron chi connectivity index (χ4n) is 1.93. The lowest BCUT2D eigenvalue weighted by molar-refractivity contribution is 0.101. The lowest BCUT2D eigenvalue weighted by Crippen LogP contribution is -2.07. The van der Waals surface area contributed by atoms with E-state index in [0.717, 1.165) is 10.0 Å². The highest BCUT2D eigenvalue weighted by Crippen LogP contribution is 2.24. The third-order valence-electron chi connectivity index (χ3n) is 3.05. The summed E-state index contributed by atoms with van der Waals surface area (Å²) in [7, 11) is 1.84. The number of Topliss-reactive ketones (excluding diaryl/α,β-unsaturated/α-hetero) is 1. The summed E-state index contributed by atoms with van der Waals surface area (Å²) in [5.74, 6) is 0.738. The third kappa shape index (κ3) is 3.31. The summed E-state index contributed by atoms with van der Waals surface area (Å²) in [6.45, 7) is 0. The van der Waals surface area contributed by atoms with Gasteiger partial charge in [0.1, 0.15) is 0 Å². The van der Waals surface area contributed by atoms with Crippen molar-refractivity contribution in [3.63, 3.8) is 0 Å². The number of aryl methyl sites for hydroxylation is 1. The highest BCUT2D eigenvalue weighted by atomic mass is 79.9. The van der Waals surface area contributed by atoms with E-state index in [1.807, 2.05) is 43.6 Å². The summed E-state index contributed by atoms with van der Waals surface area (Å²) in [5.41, 5.74) is 1.51. The smallest absolute Gasteiger partial charge is 0.277 e. The first-order chi connectivity index (χ1) is 10.6. The molecule has 2 aromatic heterocycles. The molecule has 0 saturated heterocycles. The molecule has 3 aromatic rings. The van der Waals surface area contributed by atoms with Gasteiger partial charge in [-0.25, -0.2) is 0 Å². The van der Waals surface area contributed by atoms with Gasteiger partial charge in [-0.15, -0.1) is 10.2 Å². The molecule has 112 valence electrons. The maximum absolute atomic E-state index is 12.1. The van der Waals surface area contributed by atoms with Gasteiger partial charge >= 0.3 is 0 Å². The molecule has 0 spiro atoms. The Hall–Kier alpha value is -1.86. The van der Waals surface area contributed by atoms with Gasteiger partial charge in [-0.05, 0) is 36.4 Å². The zero-order chi connectivity index (χ0) is 15.5. The molecular weight excluding hydrogens is 366 g/mol. The summed E-state index contributed by atoms with van der Waals surface area (Å²) in [5, 5.41) is 8.36. The van der Waals surface area contributed by atoms with Crippen LogP contribution in [0.2, 0.25) is 0 Å². The van der Waals surface area contributed by atoms with E-state index < -0.39 is 0 Å². The molecule has 0 atom stereocenters. The molecule has 0 radical (unpaired) electrons. The van der Waals surface area contributed by atoms with Crippen LogP contribution in [0.4, 0.5) is 0 Å². The summed E-state index contributed by atoms with van der Waals surface area (Å²) in [4.78, 5) is 12.1. The number of halogens is 1. The normalized spacial score (nSPS) is 10.8. The van der Waals surface area contributed by atoms with E-state index >= 15 is 0 Å². The molecule has 0 aliphatic rings. The van der Waals surface area contributed by atoms with Crippen molar-refractivity contribution in [1.82, 2.24) is 14.8 Å². The van der Waals surface area contributed by atoms with Gasteiger partial charge in [-0.2, -0.15) is 0 Å². The maximum Gasteiger partial charge on any atom is 0.277 e. The first kappa shape index (κ1) is 15.1. The van der Waals surface area contributed by atoms with Crippen LogP contribution >= 0.6 is 27.7 Å². The number of hydrogen-bond donors (Lipinski definition) is 0. The van der Waals surface area contributed by atoms with Crippen molar-refractivity contribution in [3.05, 3.63) is 52.8 Å². The molecule has 3 rings (SSSR count). The molecule has 0 aliphatic heterocycles. The van der Waals surface area contributed by atoms with Gasteiger partial charge in [-0.1, -0.05) is 27.7 Å². The number of ketones is 1. The average molecular weight is 378 g/mol. The second-order valence-electron chi connectivity index (χ2n) is 4.60. The molecule has 0 bridgehead atoms. The zero-order valence-electron chi connectivity index (χ0n) is 11.7. The van der Waals surface area contributed by atoms with Crippen LogP contribution in [-0.2, 0) is 7.05 Å². The van der Waals surface area contributed by atoms with Crippen molar-refractivity contribution in [3.8, 4) is 11.5 Å². The number of benzene rings is 1. The van der Waals surface area contributed by atoms with Gasteiger partial charge in [-0.3, -0.25) is 4.79 Å². The fraction of sp³-hybridized carbons (Fsp3) is 0.133. The number of carbonyl (C=O) groups is 1. The first-order valence-electron chi connectivity index (χ1n) is 6.50. The molecule has 22 heavy (non-hydrogen) atoms. The highest BCUT2D eigenvalue weighted by Gasteiger charge is 2.13. The Morgan fingerprint density at radius 1 is 1.27 bits per heavy atom. The van der Waals surface area contributed by atoms with E-state index in [1.165, 1.54) is 11.8 Å². The molecule has 2 heterocycles. The predicted octanol–water partition coefficient (Wildman–Crippen LogP) is 3.81. The number of hydrogen-bond acceptors (Lipinski definition) is 5. The van der Waals surface area contributed by atoms with Gasteiger partial charge in [0.05, 0.1) is 11.4 Å². The van der Waals surface area contributed by atoms with Crippen LogP contribution in [0, 0.1) is 0 Å². The average Bonchev–Trinajstić information content (AvgIpc) is 3.14. The van der Waals surface area contributed by atoms with Gasteiger partial charge < -0.3 is 8.98 Å². The van der Waals surface area contributed by atoms with Crippen molar-refractivity contribution in [1.29, 1.82) is 0 Å². The minimum Gasteiger partial charge on any atom is -0.411 e. The SMILES string of the molecule is Cn1cccc1C(=O)CSc1nnc(-c2ccc(Br)cc2)o1. The van der Waals surface area contributed by atoms with Crippen molar-refractivity contribution >= 4 is 33.5 Å². The minimum atomic E-state index is 0.0286. The quantitative estimate of drug-likeness (QED) is 0.499. The van der Waals surface area contributed by atoms with Gasteiger partial charge in [0, 0.05) is 23.3 Å². The van der Waals surface area contributed by atoms with Crippen molar-refractivity contribution in [2.45, 2.75) is 5.22 Å². The van der Waals surface area contributed by atoms with Crippen LogP contribution in [0.15, 0.2) is 56.7 Å². The summed E-state index contributed by atoms with van der Waals surface area (Å²) in [6.07, 6.45) is 1.84. The summed E-state index contributed by atoms with van der Waals surface area (Å²) in [6, 6.07) is 11.2. The molecule has 0 unspecified atom stereocenters. The van der Waals surface area contributed by atoms with Gasteiger partial charge in [0.15, 0.2) is 5.78 Å². The van der Waals surface area contributed by atoms with Crippen molar-refractivity contribution in [2.24, 2.45) is 7.05 Å². The second kappa shape index (κ2) is 6.50. The van der Waals surface area contributed by atoms with E-state index in [4.69, 9.17) is 4.42 Å². The molecule has 0 amide bonds. The number of nitrogens with zero attached hydrogens (tertiary/aromatic N) is 3. The second-order valence-corrected chi connectivity index (χ2v) is 6.44. The number of carbonyl (C=O) groups excluding carboxylic acids is 1. The molecule has 1 aromatic carbocycles. The van der Waals surface area contributed by atoms with E-state index in [-0.39, 0.29) is 11.5 Å². The Kier molecular flexibility index (Phi) is 4.44. The Balaban J connectivity index is 1.66. The number of rotatable bonds is 5. The number of aromatic nitrogens is 3. The topological polar surface area (TPSA) is 60.9 Å². The molecule has 7 heteroatoms. The highest BCUT2D eigenvalue weighted by molar-refractivity contribution is 9.10. The minimum absolute atomic E-state index is 0.0286. The maximum atomic E-state index is 12.1. The van der Waals surface area contributed by atoms with Crippen LogP contribution < -0.4 is 0 Å². The molecule has 0 aliphatic carbocycles. The third-order valence-corrected chi connectivity index (χ3v) is 4.40. The Morgan fingerprint density at radius 3 is 2.73 bits per heavy atom. The lowest BCUT2D eigenvalue weighted by Gasteiger charge is -2.00. The van der Waals surface area contributed by atoms with E-state index in [2.05, 4.69) is 26.1 Å². The standard InChI is InChI=1S/C15H12BrN3O2S/c1-19-8-2-3-12(19)13(20)9-22-15-18-17-14(21-15)10-4-6-11(16)7-5-10/h2-8H,9H2,1H3. The lowest BCUT2D eigenvalue weighted by atomic mass is 10.2. The first-order valence-corrected chi connectivity index (χ1v) is 8.28. The molecule has 0 fully saturated rings. The Bertz CT molecular complexity index is 795. The van der Waals surface area contributed by atoms with Crippen LogP contribution in [0.5, 0.6) is 0 Å². The Labute approximate surface area is 139 Å². The zero-order valence-corrected chi connectivity index (χ0v) is 14.1. The molecule has 5 nitrogen and oxygen atoms in total. The predicted molar refractivity (Wildman–Crippen MR) is 87.9 cm³/mol. The van der Waals surface area contributed by atoms with Gasteiger partial charge in [0.2, 0.25) is 5.89 Å². The van der Waals surface area contributed by atoms with Crippen LogP contribution in [0.1, 0.15) is 10.5 Å². The van der Waals surface area contributed by atoms with Crippen LogP contribution in [-0.4, -0.2) is 26.3 Å².